The molecule has 20 heavy (non-hydrogen) atoms. The van der Waals surface area contributed by atoms with Gasteiger partial charge in [0.2, 0.25) is 5.91 Å². The van der Waals surface area contributed by atoms with Gasteiger partial charge in [-0.05, 0) is 13.8 Å². The van der Waals surface area contributed by atoms with Crippen LogP contribution in [0.1, 0.15) is 22.8 Å². The molecule has 108 valence electrons. The molecule has 0 fully saturated rings. The average molecular weight is 295 g/mol. The number of hydrogen-bond acceptors (Lipinski definition) is 6. The molecule has 0 atom stereocenters. The van der Waals surface area contributed by atoms with Crippen molar-refractivity contribution in [3.05, 3.63) is 29.2 Å². The molecule has 2 aromatic rings. The Kier molecular flexibility index (Phi) is 4.78. The van der Waals surface area contributed by atoms with Crippen molar-refractivity contribution in [1.29, 1.82) is 0 Å². The number of carbonyl (C=O) groups is 1. The number of amides is 1. The highest BCUT2D eigenvalue weighted by atomic mass is 32.2. The molecule has 0 radical (unpaired) electrons. The fourth-order valence-electron chi connectivity index (χ4n) is 1.68. The van der Waals surface area contributed by atoms with Crippen LogP contribution in [0, 0.1) is 13.8 Å². The fourth-order valence-corrected chi connectivity index (χ4v) is 2.79. The number of rotatable bonds is 6. The Labute approximate surface area is 121 Å². The maximum absolute atomic E-state index is 12.0. The zero-order valence-electron chi connectivity index (χ0n) is 11.7. The van der Waals surface area contributed by atoms with Crippen molar-refractivity contribution in [2.24, 2.45) is 0 Å². The number of thioether (sulfide) groups is 1. The second-order valence-electron chi connectivity index (χ2n) is 4.48. The summed E-state index contributed by atoms with van der Waals surface area (Å²) in [5.41, 5.74) is 1.96. The Morgan fingerprint density at radius 2 is 2.30 bits per heavy atom. The van der Waals surface area contributed by atoms with E-state index in [0.717, 1.165) is 22.8 Å². The number of aromatic nitrogens is 4. The van der Waals surface area contributed by atoms with E-state index in [1.807, 2.05) is 13.8 Å². The molecule has 8 heteroatoms. The summed E-state index contributed by atoms with van der Waals surface area (Å²) in [6, 6.07) is 0. The van der Waals surface area contributed by atoms with Crippen molar-refractivity contribution in [3.63, 3.8) is 0 Å². The predicted octanol–water partition coefficient (Wildman–Crippen LogP) is 1.30. The molecule has 0 saturated carbocycles. The van der Waals surface area contributed by atoms with Crippen molar-refractivity contribution in [2.75, 3.05) is 12.8 Å². The van der Waals surface area contributed by atoms with Gasteiger partial charge in [-0.25, -0.2) is 4.98 Å². The van der Waals surface area contributed by atoms with E-state index in [2.05, 4.69) is 20.3 Å². The molecule has 0 aliphatic carbocycles. The molecule has 7 nitrogen and oxygen atoms in total. The van der Waals surface area contributed by atoms with Crippen LogP contribution in [-0.2, 0) is 17.1 Å². The van der Waals surface area contributed by atoms with Crippen LogP contribution in [0.4, 0.5) is 0 Å². The molecule has 2 heterocycles. The molecule has 0 aliphatic rings. The van der Waals surface area contributed by atoms with Crippen LogP contribution in [0.25, 0.3) is 0 Å². The normalized spacial score (nSPS) is 10.8. The molecule has 0 spiro atoms. The molecule has 0 saturated heterocycles. The molecule has 2 rings (SSSR count). The first-order valence-electron chi connectivity index (χ1n) is 6.15. The minimum Gasteiger partial charge on any atom is -0.361 e. The second kappa shape index (κ2) is 6.56. The van der Waals surface area contributed by atoms with Crippen LogP contribution < -0.4 is 0 Å². The minimum absolute atomic E-state index is 0.0539. The Morgan fingerprint density at radius 3 is 2.90 bits per heavy atom. The Morgan fingerprint density at radius 1 is 1.50 bits per heavy atom. The first-order valence-corrected chi connectivity index (χ1v) is 7.31. The lowest BCUT2D eigenvalue weighted by Gasteiger charge is -2.15. The van der Waals surface area contributed by atoms with Gasteiger partial charge in [-0.2, -0.15) is 5.10 Å². The van der Waals surface area contributed by atoms with E-state index in [1.165, 1.54) is 6.33 Å². The average Bonchev–Trinajstić information content (AvgIpc) is 3.02. The third-order valence-corrected chi connectivity index (χ3v) is 3.87. The number of nitrogens with one attached hydrogen (secondary N) is 1. The molecule has 0 unspecified atom stereocenters. The maximum Gasteiger partial charge on any atom is 0.232 e. The summed E-state index contributed by atoms with van der Waals surface area (Å²) in [6.45, 7) is 4.22. The molecular weight excluding hydrogens is 278 g/mol. The molecule has 0 aliphatic heterocycles. The van der Waals surface area contributed by atoms with E-state index < -0.39 is 0 Å². The van der Waals surface area contributed by atoms with Crippen LogP contribution in [0.3, 0.4) is 0 Å². The number of nitrogens with zero attached hydrogens (tertiary/aromatic N) is 4. The summed E-state index contributed by atoms with van der Waals surface area (Å²) in [4.78, 5) is 17.6. The zero-order valence-corrected chi connectivity index (χ0v) is 12.5. The predicted molar refractivity (Wildman–Crippen MR) is 75.0 cm³/mol. The Bertz CT molecular complexity index is 547. The van der Waals surface area contributed by atoms with Gasteiger partial charge in [-0.3, -0.25) is 9.89 Å². The molecule has 0 aromatic carbocycles. The number of aromatic amines is 1. The van der Waals surface area contributed by atoms with Crippen LogP contribution in [0.2, 0.25) is 0 Å². The van der Waals surface area contributed by atoms with Crippen molar-refractivity contribution < 1.29 is 9.32 Å². The van der Waals surface area contributed by atoms with Crippen LogP contribution in [0.15, 0.2) is 10.9 Å². The molecule has 1 amide bonds. The van der Waals surface area contributed by atoms with Gasteiger partial charge in [0.05, 0.1) is 18.0 Å². The maximum atomic E-state index is 12.0. The van der Waals surface area contributed by atoms with E-state index in [1.54, 1.807) is 23.7 Å². The van der Waals surface area contributed by atoms with Gasteiger partial charge < -0.3 is 9.42 Å². The third-order valence-electron chi connectivity index (χ3n) is 2.93. The topological polar surface area (TPSA) is 87.9 Å². The quantitative estimate of drug-likeness (QED) is 0.864. The highest BCUT2D eigenvalue weighted by molar-refractivity contribution is 7.99. The second-order valence-corrected chi connectivity index (χ2v) is 5.46. The first kappa shape index (κ1) is 14.6. The number of hydrogen-bond donors (Lipinski definition) is 1. The van der Waals surface area contributed by atoms with Crippen molar-refractivity contribution in [1.82, 2.24) is 25.2 Å². The van der Waals surface area contributed by atoms with Gasteiger partial charge in [0.25, 0.3) is 0 Å². The van der Waals surface area contributed by atoms with Gasteiger partial charge in [0.1, 0.15) is 17.9 Å². The summed E-state index contributed by atoms with van der Waals surface area (Å²) >= 11 is 1.55. The molecule has 1 N–H and O–H groups in total. The standard InChI is InChI=1S/C12H17N5O2S/c1-8-10(9(2)19-16-8)5-20-6-12(18)17(3)4-11-13-7-14-15-11/h7H,4-6H2,1-3H3,(H,13,14,15). The van der Waals surface area contributed by atoms with Gasteiger partial charge in [0.15, 0.2) is 0 Å². The lowest BCUT2D eigenvalue weighted by atomic mass is 10.2. The van der Waals surface area contributed by atoms with Crippen molar-refractivity contribution >= 4 is 17.7 Å². The largest absolute Gasteiger partial charge is 0.361 e. The lowest BCUT2D eigenvalue weighted by Crippen LogP contribution is -2.28. The van der Waals surface area contributed by atoms with Gasteiger partial charge in [-0.15, -0.1) is 11.8 Å². The minimum atomic E-state index is 0.0539. The number of H-pyrrole nitrogens is 1. The molecule has 2 aromatic heterocycles. The Balaban J connectivity index is 1.77. The number of aryl methyl sites for hydroxylation is 2. The summed E-state index contributed by atoms with van der Waals surface area (Å²) in [7, 11) is 1.75. The van der Waals surface area contributed by atoms with Crippen LogP contribution in [0.5, 0.6) is 0 Å². The van der Waals surface area contributed by atoms with Gasteiger partial charge in [0, 0.05) is 18.4 Å². The van der Waals surface area contributed by atoms with Crippen molar-refractivity contribution in [2.45, 2.75) is 26.1 Å². The lowest BCUT2D eigenvalue weighted by molar-refractivity contribution is -0.127. The van der Waals surface area contributed by atoms with Gasteiger partial charge in [-0.1, -0.05) is 5.16 Å². The van der Waals surface area contributed by atoms with E-state index in [9.17, 15) is 4.79 Å². The van der Waals surface area contributed by atoms with E-state index in [4.69, 9.17) is 4.52 Å². The highest BCUT2D eigenvalue weighted by Crippen LogP contribution is 2.19. The summed E-state index contributed by atoms with van der Waals surface area (Å²) in [5.74, 6) is 2.68. The van der Waals surface area contributed by atoms with E-state index in [0.29, 0.717) is 18.1 Å². The van der Waals surface area contributed by atoms with E-state index in [-0.39, 0.29) is 5.91 Å². The zero-order chi connectivity index (χ0) is 14.5. The third kappa shape index (κ3) is 3.60. The Hall–Kier alpha value is -1.83. The molecular formula is C12H17N5O2S. The summed E-state index contributed by atoms with van der Waals surface area (Å²) < 4.78 is 5.09. The van der Waals surface area contributed by atoms with E-state index >= 15 is 0 Å². The first-order chi connectivity index (χ1) is 9.58. The molecule has 0 bridgehead atoms. The summed E-state index contributed by atoms with van der Waals surface area (Å²) in [6.07, 6.45) is 1.43. The van der Waals surface area contributed by atoms with Crippen LogP contribution >= 0.6 is 11.8 Å². The van der Waals surface area contributed by atoms with Crippen LogP contribution in [-0.4, -0.2) is 43.9 Å². The fraction of sp³-hybridized carbons (Fsp3) is 0.500. The number of carbonyl (C=O) groups excluding carboxylic acids is 1. The monoisotopic (exact) mass is 295 g/mol. The van der Waals surface area contributed by atoms with Crippen molar-refractivity contribution in [3.8, 4) is 0 Å². The smallest absolute Gasteiger partial charge is 0.232 e. The van der Waals surface area contributed by atoms with Gasteiger partial charge >= 0.3 is 0 Å². The highest BCUT2D eigenvalue weighted by Gasteiger charge is 2.13. The summed E-state index contributed by atoms with van der Waals surface area (Å²) in [5, 5.41) is 10.4. The SMILES string of the molecule is Cc1noc(C)c1CSCC(=O)N(C)Cc1ncn[nH]1.